The van der Waals surface area contributed by atoms with Gasteiger partial charge in [0.2, 0.25) is 0 Å². The standard InChI is InChI=1S/C16H20F8N2O4/c17-13(18,15(21,22)25-7-3-1-4-8-25)11(27)29-30-12(28)14(19,20)16(23,24)26-9-5-2-6-10-26/h1-10H2. The Labute approximate surface area is 166 Å². The fraction of sp³-hybridized carbons (Fsp3) is 0.875. The lowest BCUT2D eigenvalue weighted by Crippen LogP contribution is -2.61. The maximum Gasteiger partial charge on any atom is 0.432 e. The molecule has 0 aliphatic carbocycles. The predicted molar refractivity (Wildman–Crippen MR) is 82.8 cm³/mol. The summed E-state index contributed by atoms with van der Waals surface area (Å²) in [5.41, 5.74) is 0. The maximum atomic E-state index is 14.0. The van der Waals surface area contributed by atoms with Gasteiger partial charge in [0.15, 0.2) is 0 Å². The van der Waals surface area contributed by atoms with E-state index in [1.165, 1.54) is 0 Å². The lowest BCUT2D eigenvalue weighted by molar-refractivity contribution is -0.337. The molecule has 0 N–H and O–H groups in total. The Morgan fingerprint density at radius 3 is 1.07 bits per heavy atom. The van der Waals surface area contributed by atoms with Gasteiger partial charge in [0.05, 0.1) is 0 Å². The van der Waals surface area contributed by atoms with Gasteiger partial charge in [-0.3, -0.25) is 0 Å². The summed E-state index contributed by atoms with van der Waals surface area (Å²) >= 11 is 0. The molecule has 0 spiro atoms. The Morgan fingerprint density at radius 2 is 0.800 bits per heavy atom. The Morgan fingerprint density at radius 1 is 0.533 bits per heavy atom. The van der Waals surface area contributed by atoms with Crippen molar-refractivity contribution in [2.24, 2.45) is 0 Å². The van der Waals surface area contributed by atoms with E-state index in [9.17, 15) is 44.7 Å². The van der Waals surface area contributed by atoms with E-state index in [2.05, 4.69) is 9.78 Å². The highest BCUT2D eigenvalue weighted by Crippen LogP contribution is 2.41. The van der Waals surface area contributed by atoms with E-state index in [0.29, 0.717) is 12.8 Å². The summed E-state index contributed by atoms with van der Waals surface area (Å²) < 4.78 is 111. The van der Waals surface area contributed by atoms with E-state index in [1.807, 2.05) is 0 Å². The molecule has 14 heteroatoms. The third-order valence-corrected chi connectivity index (χ3v) is 4.97. The highest BCUT2D eigenvalue weighted by molar-refractivity contribution is 5.82. The molecule has 0 atom stereocenters. The number of carbonyl (C=O) groups is 2. The monoisotopic (exact) mass is 456 g/mol. The van der Waals surface area contributed by atoms with Crippen molar-refractivity contribution in [1.29, 1.82) is 0 Å². The average Bonchev–Trinajstić information content (AvgIpc) is 2.72. The number of rotatable bonds is 6. The van der Waals surface area contributed by atoms with E-state index in [1.54, 1.807) is 0 Å². The zero-order valence-electron chi connectivity index (χ0n) is 15.6. The molecule has 2 rings (SSSR count). The van der Waals surface area contributed by atoms with Crippen LogP contribution in [0.2, 0.25) is 0 Å². The van der Waals surface area contributed by atoms with Gasteiger partial charge in [-0.2, -0.15) is 35.1 Å². The van der Waals surface area contributed by atoms with E-state index in [0.717, 1.165) is 0 Å². The van der Waals surface area contributed by atoms with Crippen molar-refractivity contribution in [3.05, 3.63) is 0 Å². The molecule has 0 aromatic carbocycles. The quantitative estimate of drug-likeness (QED) is 0.264. The van der Waals surface area contributed by atoms with Crippen molar-refractivity contribution in [3.8, 4) is 0 Å². The number of nitrogens with zero attached hydrogens (tertiary/aromatic N) is 2. The van der Waals surface area contributed by atoms with Crippen LogP contribution in [0.25, 0.3) is 0 Å². The van der Waals surface area contributed by atoms with Crippen LogP contribution in [0.3, 0.4) is 0 Å². The molecule has 174 valence electrons. The second kappa shape index (κ2) is 8.81. The lowest BCUT2D eigenvalue weighted by Gasteiger charge is -2.37. The van der Waals surface area contributed by atoms with Crippen molar-refractivity contribution in [2.75, 3.05) is 26.2 Å². The molecule has 0 amide bonds. The van der Waals surface area contributed by atoms with Gasteiger partial charge in [0.1, 0.15) is 0 Å². The first-order chi connectivity index (χ1) is 13.8. The van der Waals surface area contributed by atoms with Crippen LogP contribution >= 0.6 is 0 Å². The Balaban J connectivity index is 2.03. The first-order valence-electron chi connectivity index (χ1n) is 9.21. The van der Waals surface area contributed by atoms with Gasteiger partial charge in [0, 0.05) is 26.2 Å². The molecule has 0 bridgehead atoms. The largest absolute Gasteiger partial charge is 0.432 e. The normalized spacial score (nSPS) is 20.7. The van der Waals surface area contributed by atoms with E-state index >= 15 is 0 Å². The van der Waals surface area contributed by atoms with E-state index < -0.39 is 62.1 Å². The van der Waals surface area contributed by atoms with E-state index in [-0.39, 0.29) is 35.5 Å². The van der Waals surface area contributed by atoms with Gasteiger partial charge in [-0.15, -0.1) is 0 Å². The van der Waals surface area contributed by atoms with Crippen LogP contribution in [0.5, 0.6) is 0 Å². The maximum absolute atomic E-state index is 14.0. The molecule has 2 heterocycles. The number of hydrogen-bond acceptors (Lipinski definition) is 6. The molecule has 0 aromatic heterocycles. The minimum Gasteiger partial charge on any atom is -0.240 e. The lowest BCUT2D eigenvalue weighted by atomic mass is 10.1. The molecule has 0 aromatic rings. The number of carbonyl (C=O) groups excluding carboxylic acids is 2. The summed E-state index contributed by atoms with van der Waals surface area (Å²) in [5, 5.41) is 0. The van der Waals surface area contributed by atoms with Crippen molar-refractivity contribution < 1.29 is 54.5 Å². The fourth-order valence-corrected chi connectivity index (χ4v) is 3.17. The molecular formula is C16H20F8N2O4. The minimum atomic E-state index is -5.59. The molecule has 30 heavy (non-hydrogen) atoms. The second-order valence-electron chi connectivity index (χ2n) is 7.07. The average molecular weight is 456 g/mol. The first-order valence-corrected chi connectivity index (χ1v) is 9.21. The first kappa shape index (κ1) is 24.6. The van der Waals surface area contributed by atoms with Crippen LogP contribution in [0.4, 0.5) is 35.1 Å². The summed E-state index contributed by atoms with van der Waals surface area (Å²) in [6.07, 6.45) is 1.59. The number of piperidine rings is 2. The van der Waals surface area contributed by atoms with Crippen LogP contribution in [0, 0.1) is 0 Å². The zero-order chi connectivity index (χ0) is 22.8. The SMILES string of the molecule is O=C(OOC(=O)C(F)(F)C(F)(F)N1CCCCC1)C(F)(F)C(F)(F)N1CCCCC1. The molecule has 2 aliphatic heterocycles. The third kappa shape index (κ3) is 4.48. The number of alkyl halides is 8. The van der Waals surface area contributed by atoms with Gasteiger partial charge >= 0.3 is 35.9 Å². The molecule has 2 saturated heterocycles. The predicted octanol–water partition coefficient (Wildman–Crippen LogP) is 3.42. The fourth-order valence-electron chi connectivity index (χ4n) is 3.17. The molecule has 2 fully saturated rings. The van der Waals surface area contributed by atoms with Gasteiger partial charge in [-0.1, -0.05) is 12.8 Å². The van der Waals surface area contributed by atoms with E-state index in [4.69, 9.17) is 0 Å². The van der Waals surface area contributed by atoms with Gasteiger partial charge in [-0.25, -0.2) is 29.2 Å². The Kier molecular flexibility index (Phi) is 7.21. The Bertz CT molecular complexity index is 581. The van der Waals surface area contributed by atoms with Crippen LogP contribution in [-0.2, 0) is 19.4 Å². The highest BCUT2D eigenvalue weighted by Gasteiger charge is 2.69. The van der Waals surface area contributed by atoms with Crippen molar-refractivity contribution in [3.63, 3.8) is 0 Å². The second-order valence-corrected chi connectivity index (χ2v) is 7.07. The van der Waals surface area contributed by atoms with Crippen molar-refractivity contribution in [1.82, 2.24) is 9.80 Å². The summed E-state index contributed by atoms with van der Waals surface area (Å²) in [6, 6.07) is -10.1. The summed E-state index contributed by atoms with van der Waals surface area (Å²) in [7, 11) is 0. The minimum absolute atomic E-state index is 0.00130. The number of likely N-dealkylation sites (tertiary alicyclic amines) is 2. The molecule has 6 nitrogen and oxygen atoms in total. The summed E-state index contributed by atoms with van der Waals surface area (Å²) in [5.74, 6) is -17.5. The van der Waals surface area contributed by atoms with Crippen LogP contribution in [-0.4, -0.2) is 71.9 Å². The number of hydrogen-bond donors (Lipinski definition) is 0. The zero-order valence-corrected chi connectivity index (χ0v) is 15.6. The van der Waals surface area contributed by atoms with Gasteiger partial charge in [0.25, 0.3) is 0 Å². The van der Waals surface area contributed by atoms with Crippen LogP contribution in [0.15, 0.2) is 0 Å². The smallest absolute Gasteiger partial charge is 0.240 e. The topological polar surface area (TPSA) is 59.1 Å². The van der Waals surface area contributed by atoms with Crippen molar-refractivity contribution >= 4 is 11.9 Å². The molecule has 0 saturated carbocycles. The summed E-state index contributed by atoms with van der Waals surface area (Å²) in [6.45, 7) is -1.91. The highest BCUT2D eigenvalue weighted by atomic mass is 19.3. The van der Waals surface area contributed by atoms with Crippen molar-refractivity contribution in [2.45, 2.75) is 62.5 Å². The molecule has 2 aliphatic rings. The molecular weight excluding hydrogens is 436 g/mol. The number of halogens is 8. The van der Waals surface area contributed by atoms with Crippen LogP contribution in [0.1, 0.15) is 38.5 Å². The molecule has 0 radical (unpaired) electrons. The third-order valence-electron chi connectivity index (χ3n) is 4.97. The van der Waals surface area contributed by atoms with Crippen LogP contribution < -0.4 is 0 Å². The van der Waals surface area contributed by atoms with Gasteiger partial charge in [-0.05, 0) is 25.7 Å². The Hall–Kier alpha value is -1.70. The van der Waals surface area contributed by atoms with Gasteiger partial charge < -0.3 is 0 Å². The summed E-state index contributed by atoms with van der Waals surface area (Å²) in [4.78, 5) is 28.9. The molecule has 0 unspecified atom stereocenters.